The highest BCUT2D eigenvalue weighted by molar-refractivity contribution is 7.89. The standard InChI is InChI=1S/C13H20N2O2S.ClH/c1-11(14)13-9-5-6-10-15(13)18(16,17)12-7-3-2-4-8-12;/h2-4,7-8,11,13H,5-6,9-10,14H2,1H3;1H. The Morgan fingerprint density at radius 3 is 2.47 bits per heavy atom. The molecule has 0 radical (unpaired) electrons. The van der Waals surface area contributed by atoms with Crippen LogP contribution in [0.15, 0.2) is 35.2 Å². The van der Waals surface area contributed by atoms with Crippen molar-refractivity contribution in [2.75, 3.05) is 6.54 Å². The third-order valence-corrected chi connectivity index (χ3v) is 5.39. The van der Waals surface area contributed by atoms with Gasteiger partial charge in [-0.2, -0.15) is 4.31 Å². The molecule has 1 heterocycles. The summed E-state index contributed by atoms with van der Waals surface area (Å²) in [6, 6.07) is 8.38. The van der Waals surface area contributed by atoms with E-state index in [-0.39, 0.29) is 24.5 Å². The van der Waals surface area contributed by atoms with Crippen LogP contribution in [0.4, 0.5) is 0 Å². The summed E-state index contributed by atoms with van der Waals surface area (Å²) >= 11 is 0. The van der Waals surface area contributed by atoms with E-state index in [0.717, 1.165) is 19.3 Å². The van der Waals surface area contributed by atoms with Crippen LogP contribution in [-0.4, -0.2) is 31.4 Å². The van der Waals surface area contributed by atoms with Crippen molar-refractivity contribution < 1.29 is 8.42 Å². The summed E-state index contributed by atoms with van der Waals surface area (Å²) < 4.78 is 26.7. The average Bonchev–Trinajstić information content (AvgIpc) is 2.39. The average molecular weight is 305 g/mol. The van der Waals surface area contributed by atoms with Gasteiger partial charge in [-0.3, -0.25) is 0 Å². The molecule has 1 fully saturated rings. The minimum Gasteiger partial charge on any atom is -0.326 e. The van der Waals surface area contributed by atoms with Crippen LogP contribution in [0.25, 0.3) is 0 Å². The molecule has 1 saturated heterocycles. The number of hydrogen-bond acceptors (Lipinski definition) is 3. The van der Waals surface area contributed by atoms with E-state index in [2.05, 4.69) is 0 Å². The van der Waals surface area contributed by atoms with E-state index in [1.807, 2.05) is 13.0 Å². The van der Waals surface area contributed by atoms with Crippen LogP contribution >= 0.6 is 12.4 Å². The van der Waals surface area contributed by atoms with Crippen LogP contribution in [0.5, 0.6) is 0 Å². The maximum absolute atomic E-state index is 12.6. The summed E-state index contributed by atoms with van der Waals surface area (Å²) in [5.74, 6) is 0. The molecule has 0 spiro atoms. The van der Waals surface area contributed by atoms with E-state index in [9.17, 15) is 8.42 Å². The summed E-state index contributed by atoms with van der Waals surface area (Å²) in [6.07, 6.45) is 2.81. The molecule has 2 atom stereocenters. The molecule has 1 aromatic carbocycles. The van der Waals surface area contributed by atoms with Crippen molar-refractivity contribution in [3.63, 3.8) is 0 Å². The predicted octanol–water partition coefficient (Wildman–Crippen LogP) is 2.00. The molecule has 4 nitrogen and oxygen atoms in total. The van der Waals surface area contributed by atoms with Crippen molar-refractivity contribution in [3.05, 3.63) is 30.3 Å². The summed E-state index contributed by atoms with van der Waals surface area (Å²) in [5, 5.41) is 0. The topological polar surface area (TPSA) is 63.4 Å². The Kier molecular flexibility index (Phi) is 5.80. The molecule has 0 bridgehead atoms. The fourth-order valence-corrected chi connectivity index (χ4v) is 4.28. The lowest BCUT2D eigenvalue weighted by atomic mass is 10.00. The molecule has 2 unspecified atom stereocenters. The summed E-state index contributed by atoms with van der Waals surface area (Å²) in [7, 11) is -3.40. The van der Waals surface area contributed by atoms with Gasteiger partial charge in [-0.05, 0) is 31.9 Å². The van der Waals surface area contributed by atoms with Gasteiger partial charge in [0.2, 0.25) is 10.0 Å². The van der Waals surface area contributed by atoms with E-state index in [4.69, 9.17) is 5.73 Å². The second kappa shape index (κ2) is 6.70. The predicted molar refractivity (Wildman–Crippen MR) is 78.9 cm³/mol. The van der Waals surface area contributed by atoms with Gasteiger partial charge in [-0.15, -0.1) is 12.4 Å². The lowest BCUT2D eigenvalue weighted by Crippen LogP contribution is -2.51. The molecule has 0 amide bonds. The van der Waals surface area contributed by atoms with Crippen molar-refractivity contribution in [1.29, 1.82) is 0 Å². The third kappa shape index (κ3) is 3.48. The number of hydrogen-bond donors (Lipinski definition) is 1. The van der Waals surface area contributed by atoms with Gasteiger partial charge < -0.3 is 5.73 Å². The van der Waals surface area contributed by atoms with E-state index in [1.165, 1.54) is 0 Å². The lowest BCUT2D eigenvalue weighted by molar-refractivity contribution is 0.227. The Labute approximate surface area is 121 Å². The number of nitrogens with two attached hydrogens (primary N) is 1. The molecule has 2 N–H and O–H groups in total. The molecule has 19 heavy (non-hydrogen) atoms. The normalized spacial score (nSPS) is 22.5. The second-order valence-corrected chi connectivity index (χ2v) is 6.74. The van der Waals surface area contributed by atoms with Gasteiger partial charge in [-0.1, -0.05) is 24.6 Å². The van der Waals surface area contributed by atoms with Gasteiger partial charge in [0.25, 0.3) is 0 Å². The van der Waals surface area contributed by atoms with Gasteiger partial charge in [0.05, 0.1) is 4.90 Å². The molecule has 0 saturated carbocycles. The van der Waals surface area contributed by atoms with Crippen molar-refractivity contribution >= 4 is 22.4 Å². The molecule has 108 valence electrons. The highest BCUT2D eigenvalue weighted by Crippen LogP contribution is 2.26. The summed E-state index contributed by atoms with van der Waals surface area (Å²) in [6.45, 7) is 2.45. The van der Waals surface area contributed by atoms with Crippen molar-refractivity contribution in [3.8, 4) is 0 Å². The van der Waals surface area contributed by atoms with Gasteiger partial charge in [0.1, 0.15) is 0 Å². The highest BCUT2D eigenvalue weighted by Gasteiger charge is 2.34. The zero-order valence-electron chi connectivity index (χ0n) is 11.0. The molecule has 2 rings (SSSR count). The van der Waals surface area contributed by atoms with Gasteiger partial charge >= 0.3 is 0 Å². The SMILES string of the molecule is CC(N)C1CCCCN1S(=O)(=O)c1ccccc1.Cl. The number of nitrogens with zero attached hydrogens (tertiary/aromatic N) is 1. The minimum absolute atomic E-state index is 0. The van der Waals surface area contributed by atoms with Gasteiger partial charge in [0.15, 0.2) is 0 Å². The molecule has 1 aliphatic heterocycles. The first kappa shape index (κ1) is 16.4. The lowest BCUT2D eigenvalue weighted by Gasteiger charge is -2.36. The van der Waals surface area contributed by atoms with E-state index in [1.54, 1.807) is 28.6 Å². The largest absolute Gasteiger partial charge is 0.326 e. The smallest absolute Gasteiger partial charge is 0.243 e. The number of piperidine rings is 1. The Morgan fingerprint density at radius 2 is 1.89 bits per heavy atom. The fourth-order valence-electron chi connectivity index (χ4n) is 2.48. The van der Waals surface area contributed by atoms with Gasteiger partial charge in [0, 0.05) is 18.6 Å². The van der Waals surface area contributed by atoms with Crippen LogP contribution in [-0.2, 0) is 10.0 Å². The highest BCUT2D eigenvalue weighted by atomic mass is 35.5. The fraction of sp³-hybridized carbons (Fsp3) is 0.538. The number of rotatable bonds is 3. The molecule has 1 aliphatic rings. The second-order valence-electron chi connectivity index (χ2n) is 4.85. The van der Waals surface area contributed by atoms with Crippen molar-refractivity contribution in [1.82, 2.24) is 4.31 Å². The first-order chi connectivity index (χ1) is 8.53. The van der Waals surface area contributed by atoms with Crippen LogP contribution in [0.2, 0.25) is 0 Å². The molecule has 1 aromatic rings. The number of sulfonamides is 1. The molecular formula is C13H21ClN2O2S. The van der Waals surface area contributed by atoms with Crippen LogP contribution in [0.3, 0.4) is 0 Å². The molecular weight excluding hydrogens is 284 g/mol. The van der Waals surface area contributed by atoms with E-state index < -0.39 is 10.0 Å². The van der Waals surface area contributed by atoms with Crippen LogP contribution in [0, 0.1) is 0 Å². The first-order valence-corrected chi connectivity index (χ1v) is 7.80. The van der Waals surface area contributed by atoms with Crippen LogP contribution < -0.4 is 5.73 Å². The van der Waals surface area contributed by atoms with Crippen LogP contribution in [0.1, 0.15) is 26.2 Å². The maximum Gasteiger partial charge on any atom is 0.243 e. The number of benzene rings is 1. The quantitative estimate of drug-likeness (QED) is 0.929. The minimum atomic E-state index is -3.40. The maximum atomic E-state index is 12.6. The molecule has 0 aromatic heterocycles. The monoisotopic (exact) mass is 304 g/mol. The number of halogens is 1. The Morgan fingerprint density at radius 1 is 1.26 bits per heavy atom. The molecule has 0 aliphatic carbocycles. The van der Waals surface area contributed by atoms with Crippen molar-refractivity contribution in [2.45, 2.75) is 43.2 Å². The van der Waals surface area contributed by atoms with Gasteiger partial charge in [-0.25, -0.2) is 8.42 Å². The van der Waals surface area contributed by atoms with Crippen molar-refractivity contribution in [2.24, 2.45) is 5.73 Å². The zero-order chi connectivity index (χ0) is 13.2. The first-order valence-electron chi connectivity index (χ1n) is 6.36. The third-order valence-electron chi connectivity index (χ3n) is 3.46. The summed E-state index contributed by atoms with van der Waals surface area (Å²) in [5.41, 5.74) is 5.93. The Hall–Kier alpha value is -0.620. The Bertz CT molecular complexity index is 491. The Balaban J connectivity index is 0.00000180. The molecule has 6 heteroatoms. The van der Waals surface area contributed by atoms with E-state index in [0.29, 0.717) is 11.4 Å². The zero-order valence-corrected chi connectivity index (χ0v) is 12.7. The van der Waals surface area contributed by atoms with E-state index >= 15 is 0 Å². The summed E-state index contributed by atoms with van der Waals surface area (Å²) in [4.78, 5) is 0.359.